The van der Waals surface area contributed by atoms with E-state index in [1.54, 1.807) is 55.6 Å². The summed E-state index contributed by atoms with van der Waals surface area (Å²) >= 11 is 0. The fourth-order valence-corrected chi connectivity index (χ4v) is 3.96. The number of aromatic nitrogens is 2. The van der Waals surface area contributed by atoms with Gasteiger partial charge >= 0.3 is 6.09 Å². The largest absolute Gasteiger partial charge is 0.417 e. The van der Waals surface area contributed by atoms with Crippen LogP contribution in [0.1, 0.15) is 42.6 Å². The van der Waals surface area contributed by atoms with Gasteiger partial charge in [0.2, 0.25) is 0 Å². The number of ether oxygens (including phenoxy) is 1. The number of halogens is 1. The lowest BCUT2D eigenvalue weighted by molar-refractivity contribution is 0.215. The molecule has 0 saturated heterocycles. The molecule has 2 aromatic carbocycles. The third-order valence-electron chi connectivity index (χ3n) is 5.85. The molecule has 174 valence electrons. The van der Waals surface area contributed by atoms with Crippen molar-refractivity contribution in [3.8, 4) is 5.75 Å². The summed E-state index contributed by atoms with van der Waals surface area (Å²) in [4.78, 5) is 32.2. The number of anilines is 1. The van der Waals surface area contributed by atoms with Crippen LogP contribution in [0.3, 0.4) is 0 Å². The molecule has 2 aromatic heterocycles. The lowest BCUT2D eigenvalue weighted by atomic mass is 9.90. The molecular formula is C26H25FN4O3. The van der Waals surface area contributed by atoms with Crippen molar-refractivity contribution in [2.75, 3.05) is 12.4 Å². The molecule has 0 radical (unpaired) electrons. The second-order valence-corrected chi connectivity index (χ2v) is 7.99. The van der Waals surface area contributed by atoms with E-state index in [1.807, 2.05) is 20.0 Å². The van der Waals surface area contributed by atoms with Crippen LogP contribution >= 0.6 is 0 Å². The van der Waals surface area contributed by atoms with Crippen LogP contribution in [-0.4, -0.2) is 23.1 Å². The number of H-pyrrole nitrogens is 1. The Hall–Kier alpha value is -4.04. The average molecular weight is 461 g/mol. The van der Waals surface area contributed by atoms with Crippen LogP contribution in [-0.2, 0) is 0 Å². The Kier molecular flexibility index (Phi) is 6.70. The van der Waals surface area contributed by atoms with E-state index in [1.165, 1.54) is 12.3 Å². The van der Waals surface area contributed by atoms with E-state index < -0.39 is 17.8 Å². The number of amides is 1. The number of hydrogen-bond acceptors (Lipinski definition) is 5. The summed E-state index contributed by atoms with van der Waals surface area (Å²) in [7, 11) is 1.82. The van der Waals surface area contributed by atoms with Gasteiger partial charge in [0.05, 0.1) is 5.39 Å². The van der Waals surface area contributed by atoms with Gasteiger partial charge in [0.15, 0.2) is 0 Å². The minimum Gasteiger partial charge on any atom is -0.410 e. The highest BCUT2D eigenvalue weighted by molar-refractivity contribution is 5.89. The number of para-hydroxylation sites is 1. The number of pyridine rings is 2. The van der Waals surface area contributed by atoms with Crippen LogP contribution in [0.25, 0.3) is 10.8 Å². The lowest BCUT2D eigenvalue weighted by Gasteiger charge is -2.19. The van der Waals surface area contributed by atoms with Crippen molar-refractivity contribution >= 4 is 22.6 Å². The Bertz CT molecular complexity index is 1390. The summed E-state index contributed by atoms with van der Waals surface area (Å²) in [6, 6.07) is 14.9. The Morgan fingerprint density at radius 1 is 1.12 bits per heavy atom. The van der Waals surface area contributed by atoms with Crippen LogP contribution in [0, 0.1) is 5.82 Å². The highest BCUT2D eigenvalue weighted by Crippen LogP contribution is 2.33. The SMILES string of the molecule is CNC(C)c1c[nH]c(=O)c2c(C(C)c3cc(NC(=O)Oc4ccccc4)ccn3)c(F)ccc12. The third kappa shape index (κ3) is 4.67. The molecule has 0 aliphatic rings. The summed E-state index contributed by atoms with van der Waals surface area (Å²) in [6.45, 7) is 3.74. The Morgan fingerprint density at radius 2 is 1.88 bits per heavy atom. The highest BCUT2D eigenvalue weighted by atomic mass is 19.1. The summed E-state index contributed by atoms with van der Waals surface area (Å²) in [5, 5.41) is 6.77. The number of aromatic amines is 1. The fraction of sp³-hybridized carbons (Fsp3) is 0.192. The first-order valence-electron chi connectivity index (χ1n) is 10.9. The molecule has 0 bridgehead atoms. The summed E-state index contributed by atoms with van der Waals surface area (Å²) in [5.74, 6) is -0.647. The van der Waals surface area contributed by atoms with Crippen LogP contribution < -0.4 is 20.9 Å². The molecule has 0 aliphatic heterocycles. The Labute approximate surface area is 196 Å². The van der Waals surface area contributed by atoms with Crippen molar-refractivity contribution in [1.29, 1.82) is 0 Å². The van der Waals surface area contributed by atoms with Gasteiger partial charge in [-0.2, -0.15) is 0 Å². The lowest BCUT2D eigenvalue weighted by Crippen LogP contribution is -2.18. The van der Waals surface area contributed by atoms with Gasteiger partial charge in [0.25, 0.3) is 5.56 Å². The monoisotopic (exact) mass is 460 g/mol. The molecule has 8 heteroatoms. The number of fused-ring (bicyclic) bond motifs is 1. The molecule has 0 saturated carbocycles. The standard InChI is InChI=1S/C26H25FN4O3/c1-15(22-13-17(11-12-29-22)31-26(33)34-18-7-5-4-6-8-18)23-21(27)10-9-19-20(16(2)28-3)14-30-25(32)24(19)23/h4-16,28H,1-3H3,(H,30,32)(H,29,31,33). The quantitative estimate of drug-likeness (QED) is 0.372. The van der Waals surface area contributed by atoms with Crippen LogP contribution in [0.5, 0.6) is 5.75 Å². The van der Waals surface area contributed by atoms with Gasteiger partial charge in [-0.15, -0.1) is 0 Å². The third-order valence-corrected chi connectivity index (χ3v) is 5.85. The number of nitrogens with one attached hydrogen (secondary N) is 3. The zero-order valence-corrected chi connectivity index (χ0v) is 19.1. The molecule has 0 fully saturated rings. The van der Waals surface area contributed by atoms with Crippen LogP contribution in [0.2, 0.25) is 0 Å². The van der Waals surface area contributed by atoms with Crippen molar-refractivity contribution in [2.24, 2.45) is 0 Å². The number of hydrogen-bond donors (Lipinski definition) is 3. The second kappa shape index (κ2) is 9.84. The van der Waals surface area contributed by atoms with Gasteiger partial charge in [-0.1, -0.05) is 31.2 Å². The van der Waals surface area contributed by atoms with Crippen LogP contribution in [0.15, 0.2) is 71.8 Å². The Morgan fingerprint density at radius 3 is 2.62 bits per heavy atom. The molecule has 7 nitrogen and oxygen atoms in total. The molecule has 4 rings (SSSR count). The average Bonchev–Trinajstić information content (AvgIpc) is 2.84. The number of rotatable bonds is 6. The van der Waals surface area contributed by atoms with E-state index in [-0.39, 0.29) is 22.6 Å². The molecule has 34 heavy (non-hydrogen) atoms. The van der Waals surface area contributed by atoms with Crippen LogP contribution in [0.4, 0.5) is 14.9 Å². The van der Waals surface area contributed by atoms with E-state index in [9.17, 15) is 9.59 Å². The minimum absolute atomic E-state index is 0.0470. The fourth-order valence-electron chi connectivity index (χ4n) is 3.96. The van der Waals surface area contributed by atoms with Crippen molar-refractivity contribution in [3.63, 3.8) is 0 Å². The van der Waals surface area contributed by atoms with E-state index >= 15 is 4.39 Å². The molecule has 0 aliphatic carbocycles. The van der Waals surface area contributed by atoms with Gasteiger partial charge < -0.3 is 15.0 Å². The molecule has 1 amide bonds. The smallest absolute Gasteiger partial charge is 0.410 e. The van der Waals surface area contributed by atoms with E-state index in [0.717, 1.165) is 5.56 Å². The number of carbonyl (C=O) groups excluding carboxylic acids is 1. The maximum atomic E-state index is 15.1. The second-order valence-electron chi connectivity index (χ2n) is 7.99. The van der Waals surface area contributed by atoms with E-state index in [0.29, 0.717) is 22.5 Å². The first-order chi connectivity index (χ1) is 16.4. The van der Waals surface area contributed by atoms with Crippen molar-refractivity contribution in [3.05, 3.63) is 100.0 Å². The Balaban J connectivity index is 1.69. The molecule has 2 unspecified atom stereocenters. The van der Waals surface area contributed by atoms with Gasteiger partial charge in [-0.05, 0) is 55.3 Å². The van der Waals surface area contributed by atoms with E-state index in [2.05, 4.69) is 20.6 Å². The first kappa shape index (κ1) is 23.1. The van der Waals surface area contributed by atoms with Crippen molar-refractivity contribution in [1.82, 2.24) is 15.3 Å². The molecular weight excluding hydrogens is 435 g/mol. The molecule has 4 aromatic rings. The van der Waals surface area contributed by atoms with Crippen molar-refractivity contribution < 1.29 is 13.9 Å². The normalized spacial score (nSPS) is 12.8. The molecule has 2 heterocycles. The maximum Gasteiger partial charge on any atom is 0.417 e. The predicted octanol–water partition coefficient (Wildman–Crippen LogP) is 5.11. The minimum atomic E-state index is -0.658. The zero-order valence-electron chi connectivity index (χ0n) is 19.1. The van der Waals surface area contributed by atoms with Gasteiger partial charge in [-0.25, -0.2) is 9.18 Å². The topological polar surface area (TPSA) is 96.1 Å². The maximum absolute atomic E-state index is 15.1. The number of carbonyl (C=O) groups is 1. The number of nitrogens with zero attached hydrogens (tertiary/aromatic N) is 1. The zero-order chi connectivity index (χ0) is 24.2. The summed E-state index contributed by atoms with van der Waals surface area (Å²) in [5.41, 5.74) is 1.68. The van der Waals surface area contributed by atoms with E-state index in [4.69, 9.17) is 4.74 Å². The summed E-state index contributed by atoms with van der Waals surface area (Å²) < 4.78 is 20.4. The molecule has 2 atom stereocenters. The first-order valence-corrected chi connectivity index (χ1v) is 10.9. The summed E-state index contributed by atoms with van der Waals surface area (Å²) in [6.07, 6.45) is 2.51. The molecule has 0 spiro atoms. The highest BCUT2D eigenvalue weighted by Gasteiger charge is 2.22. The molecule has 3 N–H and O–H groups in total. The van der Waals surface area contributed by atoms with Gasteiger partial charge in [0.1, 0.15) is 11.6 Å². The van der Waals surface area contributed by atoms with Gasteiger partial charge in [0, 0.05) is 41.3 Å². The van der Waals surface area contributed by atoms with Crippen molar-refractivity contribution in [2.45, 2.75) is 25.8 Å². The number of benzene rings is 2. The predicted molar refractivity (Wildman–Crippen MR) is 130 cm³/mol. The van der Waals surface area contributed by atoms with Gasteiger partial charge in [-0.3, -0.25) is 15.1 Å².